The number of H-pyrrole nitrogens is 1. The third kappa shape index (κ3) is 3.29. The zero-order valence-electron chi connectivity index (χ0n) is 15.4. The molecule has 7 nitrogen and oxygen atoms in total. The van der Waals surface area contributed by atoms with E-state index >= 15 is 0 Å². The van der Waals surface area contributed by atoms with Crippen LogP contribution in [-0.2, 0) is 4.74 Å². The number of rotatable bonds is 3. The third-order valence-electron chi connectivity index (χ3n) is 5.00. The van der Waals surface area contributed by atoms with Crippen molar-refractivity contribution in [3.8, 4) is 11.5 Å². The maximum atomic E-state index is 12.7. The third-order valence-corrected chi connectivity index (χ3v) is 5.00. The molecule has 0 bridgehead atoms. The van der Waals surface area contributed by atoms with Gasteiger partial charge in [0.1, 0.15) is 11.9 Å². The van der Waals surface area contributed by atoms with Crippen molar-refractivity contribution < 1.29 is 19.0 Å². The number of aromatic nitrogens is 2. The Morgan fingerprint density at radius 1 is 1.04 bits per heavy atom. The highest BCUT2D eigenvalue weighted by molar-refractivity contribution is 6.05. The highest BCUT2D eigenvalue weighted by Crippen LogP contribution is 2.31. The summed E-state index contributed by atoms with van der Waals surface area (Å²) in [6.45, 7) is 1.98. The first-order valence-corrected chi connectivity index (χ1v) is 9.58. The molecule has 1 unspecified atom stereocenters. The normalized spacial score (nSPS) is 18.8. The molecular weight excluding hydrogens is 358 g/mol. The number of carbonyl (C=O) groups excluding carboxylic acids is 1. The summed E-state index contributed by atoms with van der Waals surface area (Å²) < 4.78 is 17.0. The second kappa shape index (κ2) is 7.16. The minimum Gasteiger partial charge on any atom is -0.490 e. The Kier molecular flexibility index (Phi) is 4.37. The Balaban J connectivity index is 1.35. The first-order chi connectivity index (χ1) is 13.8. The number of hydrogen-bond donors (Lipinski definition) is 2. The van der Waals surface area contributed by atoms with Crippen molar-refractivity contribution in [2.75, 3.05) is 25.1 Å². The molecule has 5 rings (SSSR count). The monoisotopic (exact) mass is 379 g/mol. The topological polar surface area (TPSA) is 85.5 Å². The van der Waals surface area contributed by atoms with E-state index in [1.165, 1.54) is 0 Å². The fourth-order valence-electron chi connectivity index (χ4n) is 3.56. The van der Waals surface area contributed by atoms with Gasteiger partial charge in [0.2, 0.25) is 0 Å². The van der Waals surface area contributed by atoms with Crippen LogP contribution < -0.4 is 14.8 Å². The van der Waals surface area contributed by atoms with Gasteiger partial charge < -0.3 is 24.5 Å². The molecule has 3 aromatic rings. The molecule has 2 N–H and O–H groups in total. The lowest BCUT2D eigenvalue weighted by Gasteiger charge is -2.10. The fraction of sp³-hybridized carbons (Fsp3) is 0.333. The van der Waals surface area contributed by atoms with E-state index in [0.29, 0.717) is 36.0 Å². The summed E-state index contributed by atoms with van der Waals surface area (Å²) >= 11 is 0. The number of imidazole rings is 1. The molecule has 28 heavy (non-hydrogen) atoms. The predicted molar refractivity (Wildman–Crippen MR) is 104 cm³/mol. The molecule has 1 fully saturated rings. The molecule has 7 heteroatoms. The molecule has 2 aromatic carbocycles. The van der Waals surface area contributed by atoms with Crippen molar-refractivity contribution in [3.05, 3.63) is 47.8 Å². The zero-order valence-corrected chi connectivity index (χ0v) is 15.4. The van der Waals surface area contributed by atoms with E-state index in [9.17, 15) is 4.79 Å². The van der Waals surface area contributed by atoms with Gasteiger partial charge in [-0.25, -0.2) is 4.98 Å². The zero-order chi connectivity index (χ0) is 18.9. The van der Waals surface area contributed by atoms with Gasteiger partial charge in [0.25, 0.3) is 5.91 Å². The summed E-state index contributed by atoms with van der Waals surface area (Å²) in [5.74, 6) is 1.93. The van der Waals surface area contributed by atoms with Crippen LogP contribution in [0, 0.1) is 0 Å². The molecular formula is C21H21N3O4. The summed E-state index contributed by atoms with van der Waals surface area (Å²) in [7, 11) is 0. The van der Waals surface area contributed by atoms with Gasteiger partial charge in [-0.05, 0) is 49.2 Å². The minimum atomic E-state index is -0.200. The van der Waals surface area contributed by atoms with E-state index in [1.807, 2.05) is 18.2 Å². The Labute approximate surface area is 162 Å². The van der Waals surface area contributed by atoms with Gasteiger partial charge in [0, 0.05) is 24.3 Å². The molecule has 0 aliphatic carbocycles. The second-order valence-electron chi connectivity index (χ2n) is 7.02. The number of carbonyl (C=O) groups is 1. The lowest BCUT2D eigenvalue weighted by Crippen LogP contribution is -2.12. The van der Waals surface area contributed by atoms with Crippen LogP contribution in [0.15, 0.2) is 36.4 Å². The lowest BCUT2D eigenvalue weighted by atomic mass is 10.1. The van der Waals surface area contributed by atoms with Crippen molar-refractivity contribution >= 4 is 22.6 Å². The number of anilines is 1. The van der Waals surface area contributed by atoms with E-state index in [4.69, 9.17) is 14.2 Å². The van der Waals surface area contributed by atoms with E-state index in [1.54, 1.807) is 18.2 Å². The van der Waals surface area contributed by atoms with Crippen molar-refractivity contribution in [1.82, 2.24) is 9.97 Å². The summed E-state index contributed by atoms with van der Waals surface area (Å²) in [5, 5.41) is 2.94. The van der Waals surface area contributed by atoms with Gasteiger partial charge in [-0.3, -0.25) is 4.79 Å². The van der Waals surface area contributed by atoms with Crippen LogP contribution in [0.5, 0.6) is 11.5 Å². The van der Waals surface area contributed by atoms with Crippen LogP contribution in [0.3, 0.4) is 0 Å². The van der Waals surface area contributed by atoms with E-state index in [2.05, 4.69) is 15.3 Å². The first-order valence-electron chi connectivity index (χ1n) is 9.58. The first kappa shape index (κ1) is 17.1. The molecule has 2 aliphatic heterocycles. The van der Waals surface area contributed by atoms with Crippen LogP contribution in [0.4, 0.5) is 5.69 Å². The average Bonchev–Trinajstić information content (AvgIpc) is 3.32. The predicted octanol–water partition coefficient (Wildman–Crippen LogP) is 3.83. The highest BCUT2D eigenvalue weighted by Gasteiger charge is 2.21. The smallest absolute Gasteiger partial charge is 0.255 e. The van der Waals surface area contributed by atoms with Crippen LogP contribution in [0.25, 0.3) is 11.0 Å². The van der Waals surface area contributed by atoms with Crippen LogP contribution in [-0.4, -0.2) is 35.7 Å². The van der Waals surface area contributed by atoms with Gasteiger partial charge in [-0.2, -0.15) is 0 Å². The number of ether oxygens (including phenoxy) is 3. The SMILES string of the molecule is O=C(Nc1ccc2nc(C3CCCO3)[nH]c2c1)c1ccc2c(c1)OCCCO2. The van der Waals surface area contributed by atoms with E-state index in [-0.39, 0.29) is 12.0 Å². The lowest BCUT2D eigenvalue weighted by molar-refractivity contribution is 0.102. The van der Waals surface area contributed by atoms with Crippen molar-refractivity contribution in [3.63, 3.8) is 0 Å². The molecule has 144 valence electrons. The van der Waals surface area contributed by atoms with Crippen molar-refractivity contribution in [1.29, 1.82) is 0 Å². The van der Waals surface area contributed by atoms with Crippen molar-refractivity contribution in [2.45, 2.75) is 25.4 Å². The van der Waals surface area contributed by atoms with Crippen LogP contribution in [0.2, 0.25) is 0 Å². The molecule has 0 spiro atoms. The van der Waals surface area contributed by atoms with Crippen LogP contribution in [0.1, 0.15) is 41.5 Å². The number of aromatic amines is 1. The summed E-state index contributed by atoms with van der Waals surface area (Å²) in [6, 6.07) is 10.9. The number of nitrogens with zero attached hydrogens (tertiary/aromatic N) is 1. The Morgan fingerprint density at radius 3 is 2.79 bits per heavy atom. The highest BCUT2D eigenvalue weighted by atomic mass is 16.5. The number of amides is 1. The Bertz CT molecular complexity index is 1020. The Hall–Kier alpha value is -3.06. The van der Waals surface area contributed by atoms with Gasteiger partial charge in [0.15, 0.2) is 11.5 Å². The minimum absolute atomic E-state index is 0.0345. The van der Waals surface area contributed by atoms with Gasteiger partial charge in [0.05, 0.1) is 24.2 Å². The fourth-order valence-corrected chi connectivity index (χ4v) is 3.56. The molecule has 0 radical (unpaired) electrons. The maximum Gasteiger partial charge on any atom is 0.255 e. The summed E-state index contributed by atoms with van der Waals surface area (Å²) in [4.78, 5) is 20.6. The quantitative estimate of drug-likeness (QED) is 0.722. The number of nitrogens with one attached hydrogen (secondary N) is 2. The maximum absolute atomic E-state index is 12.7. The molecule has 1 atom stereocenters. The standard InChI is InChI=1S/C21H21N3O4/c25-21(13-4-7-17-19(11-13)28-10-2-9-26-17)22-14-5-6-15-16(12-14)24-20(23-15)18-3-1-8-27-18/h4-7,11-12,18H,1-3,8-10H2,(H,22,25)(H,23,24). The molecule has 2 aliphatic rings. The number of hydrogen-bond acceptors (Lipinski definition) is 5. The molecule has 1 aromatic heterocycles. The molecule has 1 saturated heterocycles. The molecule has 1 amide bonds. The summed E-state index contributed by atoms with van der Waals surface area (Å²) in [5.41, 5.74) is 2.96. The van der Waals surface area contributed by atoms with Gasteiger partial charge in [-0.15, -0.1) is 0 Å². The van der Waals surface area contributed by atoms with E-state index < -0.39 is 0 Å². The van der Waals surface area contributed by atoms with E-state index in [0.717, 1.165) is 42.7 Å². The average molecular weight is 379 g/mol. The van der Waals surface area contributed by atoms with Crippen molar-refractivity contribution in [2.24, 2.45) is 0 Å². The van der Waals surface area contributed by atoms with Crippen LogP contribution >= 0.6 is 0 Å². The van der Waals surface area contributed by atoms with Gasteiger partial charge in [-0.1, -0.05) is 0 Å². The second-order valence-corrected chi connectivity index (χ2v) is 7.02. The molecule has 3 heterocycles. The largest absolute Gasteiger partial charge is 0.490 e. The number of fused-ring (bicyclic) bond motifs is 2. The number of benzene rings is 2. The molecule has 0 saturated carbocycles. The summed E-state index contributed by atoms with van der Waals surface area (Å²) in [6.07, 6.45) is 2.90. The Morgan fingerprint density at radius 2 is 1.93 bits per heavy atom. The van der Waals surface area contributed by atoms with Gasteiger partial charge >= 0.3 is 0 Å².